The first-order chi connectivity index (χ1) is 8.84. The lowest BCUT2D eigenvalue weighted by atomic mass is 10.0. The maximum absolute atomic E-state index is 11.8. The summed E-state index contributed by atoms with van der Waals surface area (Å²) in [6.07, 6.45) is 0.427. The third-order valence-corrected chi connectivity index (χ3v) is 3.10. The summed E-state index contributed by atoms with van der Waals surface area (Å²) in [4.78, 5) is 6.00. The van der Waals surface area contributed by atoms with Crippen molar-refractivity contribution >= 4 is 5.71 Å². The predicted molar refractivity (Wildman–Crippen MR) is 69.1 cm³/mol. The molecule has 2 aromatic carbocycles. The van der Waals surface area contributed by atoms with Gasteiger partial charge >= 0.3 is 0 Å². The van der Waals surface area contributed by atoms with Gasteiger partial charge in [-0.3, -0.25) is 5.21 Å². The van der Waals surface area contributed by atoms with Crippen molar-refractivity contribution in [2.75, 3.05) is 0 Å². The Hall–Kier alpha value is -2.29. The van der Waals surface area contributed by atoms with E-state index in [4.69, 9.17) is 4.84 Å². The van der Waals surface area contributed by atoms with E-state index >= 15 is 0 Å². The van der Waals surface area contributed by atoms with Crippen LogP contribution in [0.25, 0.3) is 0 Å². The Morgan fingerprint density at radius 1 is 0.944 bits per heavy atom. The molecule has 1 atom stereocenters. The first-order valence-electron chi connectivity index (χ1n) is 5.95. The van der Waals surface area contributed by atoms with E-state index in [9.17, 15) is 5.21 Å². The van der Waals surface area contributed by atoms with Crippen LogP contribution in [0.3, 0.4) is 0 Å². The molecule has 3 nitrogen and oxygen atoms in total. The van der Waals surface area contributed by atoms with E-state index in [1.165, 1.54) is 0 Å². The number of nitrogens with zero attached hydrogens (tertiary/aromatic N) is 1. The van der Waals surface area contributed by atoms with Gasteiger partial charge in [-0.2, -0.15) is 0 Å². The Morgan fingerprint density at radius 2 is 1.56 bits per heavy atom. The number of rotatable bonds is 2. The molecule has 2 aromatic rings. The van der Waals surface area contributed by atoms with Gasteiger partial charge in [-0.15, -0.1) is 0 Å². The molecule has 0 aliphatic carbocycles. The van der Waals surface area contributed by atoms with Crippen molar-refractivity contribution in [3.63, 3.8) is 0 Å². The Bertz CT molecular complexity index is 564. The zero-order valence-corrected chi connectivity index (χ0v) is 9.82. The molecular formula is C15H13NO2. The molecule has 0 spiro atoms. The van der Waals surface area contributed by atoms with Gasteiger partial charge in [-0.05, 0) is 17.7 Å². The van der Waals surface area contributed by atoms with Crippen LogP contribution in [0.2, 0.25) is 0 Å². The van der Waals surface area contributed by atoms with Gasteiger partial charge in [0.2, 0.25) is 0 Å². The van der Waals surface area contributed by atoms with Crippen molar-refractivity contribution in [2.24, 2.45) is 0 Å². The summed E-state index contributed by atoms with van der Waals surface area (Å²) in [5.74, 6) is 0. The fraction of sp³-hybridized carbons (Fsp3) is 0.133. The quantitative estimate of drug-likeness (QED) is 0.755. The van der Waals surface area contributed by atoms with Crippen LogP contribution >= 0.6 is 0 Å². The molecule has 18 heavy (non-hydrogen) atoms. The molecule has 1 heterocycles. The molecule has 3 rings (SSSR count). The van der Waals surface area contributed by atoms with Crippen LogP contribution in [0.4, 0.5) is 0 Å². The minimum Gasteiger partial charge on any atom is -0.394 e. The van der Waals surface area contributed by atoms with E-state index in [0.717, 1.165) is 11.1 Å². The standard InChI is InChI=1S/C15H13NO2/c17-16-14(12-7-3-1-4-8-12)11-15(18-16)13-9-5-2-6-10-13/h1-10,15H,11H2. The average molecular weight is 239 g/mol. The Kier molecular flexibility index (Phi) is 2.73. The van der Waals surface area contributed by atoms with Gasteiger partial charge < -0.3 is 4.84 Å². The first-order valence-corrected chi connectivity index (χ1v) is 5.95. The lowest BCUT2D eigenvalue weighted by molar-refractivity contribution is -0.742. The zero-order chi connectivity index (χ0) is 12.4. The van der Waals surface area contributed by atoms with Crippen molar-refractivity contribution in [1.82, 2.24) is 0 Å². The molecule has 0 saturated carbocycles. The van der Waals surface area contributed by atoms with E-state index < -0.39 is 0 Å². The fourth-order valence-corrected chi connectivity index (χ4v) is 2.17. The van der Waals surface area contributed by atoms with Crippen molar-refractivity contribution in [3.8, 4) is 0 Å². The minimum atomic E-state index is -0.182. The summed E-state index contributed by atoms with van der Waals surface area (Å²) < 4.78 is 0. The van der Waals surface area contributed by atoms with Gasteiger partial charge in [0.05, 0.1) is 6.42 Å². The summed E-state index contributed by atoms with van der Waals surface area (Å²) in [6.45, 7) is 0. The van der Waals surface area contributed by atoms with Crippen molar-refractivity contribution < 1.29 is 9.74 Å². The summed E-state index contributed by atoms with van der Waals surface area (Å²) in [6, 6.07) is 19.5. The summed E-state index contributed by atoms with van der Waals surface area (Å²) in [7, 11) is 0. The van der Waals surface area contributed by atoms with Crippen LogP contribution in [0.1, 0.15) is 23.7 Å². The van der Waals surface area contributed by atoms with E-state index in [1.807, 2.05) is 60.7 Å². The van der Waals surface area contributed by atoms with Crippen LogP contribution in [-0.4, -0.2) is 10.6 Å². The summed E-state index contributed by atoms with van der Waals surface area (Å²) in [5.41, 5.74) is 2.64. The average Bonchev–Trinajstić information content (AvgIpc) is 2.83. The second-order valence-corrected chi connectivity index (χ2v) is 4.28. The van der Waals surface area contributed by atoms with Gasteiger partial charge in [0.1, 0.15) is 6.10 Å². The van der Waals surface area contributed by atoms with E-state index in [-0.39, 0.29) is 6.10 Å². The monoisotopic (exact) mass is 239 g/mol. The molecule has 0 saturated heterocycles. The van der Waals surface area contributed by atoms with E-state index in [1.54, 1.807) is 0 Å². The number of hydrogen-bond acceptors (Lipinski definition) is 2. The highest BCUT2D eigenvalue weighted by atomic mass is 16.9. The third-order valence-electron chi connectivity index (χ3n) is 3.10. The van der Waals surface area contributed by atoms with Crippen molar-refractivity contribution in [2.45, 2.75) is 12.5 Å². The lowest BCUT2D eigenvalue weighted by Crippen LogP contribution is -2.07. The van der Waals surface area contributed by atoms with Crippen LogP contribution in [0.15, 0.2) is 60.7 Å². The maximum atomic E-state index is 11.8. The molecule has 0 bridgehead atoms. The van der Waals surface area contributed by atoms with Gasteiger partial charge in [-0.25, -0.2) is 0 Å². The SMILES string of the molecule is [O-][N+]1=C(c2ccccc2)CC(c2ccccc2)O1. The van der Waals surface area contributed by atoms with Gasteiger partial charge in [0.25, 0.3) is 5.71 Å². The first kappa shape index (κ1) is 10.8. The highest BCUT2D eigenvalue weighted by Gasteiger charge is 2.29. The predicted octanol–water partition coefficient (Wildman–Crippen LogP) is 3.06. The van der Waals surface area contributed by atoms with Crippen molar-refractivity contribution in [3.05, 3.63) is 77.0 Å². The Balaban J connectivity index is 1.86. The molecule has 1 unspecified atom stereocenters. The molecule has 1 aliphatic heterocycles. The highest BCUT2D eigenvalue weighted by Crippen LogP contribution is 2.28. The normalized spacial score (nSPS) is 18.8. The third kappa shape index (κ3) is 1.95. The van der Waals surface area contributed by atoms with Gasteiger partial charge in [-0.1, -0.05) is 48.5 Å². The molecule has 0 fully saturated rings. The molecular weight excluding hydrogens is 226 g/mol. The molecule has 0 amide bonds. The van der Waals surface area contributed by atoms with Crippen LogP contribution < -0.4 is 0 Å². The highest BCUT2D eigenvalue weighted by molar-refractivity contribution is 5.97. The molecule has 3 heteroatoms. The number of hydrogen-bond donors (Lipinski definition) is 0. The Morgan fingerprint density at radius 3 is 2.22 bits per heavy atom. The van der Waals surface area contributed by atoms with Crippen LogP contribution in [0.5, 0.6) is 0 Å². The van der Waals surface area contributed by atoms with Crippen molar-refractivity contribution in [1.29, 1.82) is 0 Å². The fourth-order valence-electron chi connectivity index (χ4n) is 2.17. The van der Waals surface area contributed by atoms with Crippen LogP contribution in [0, 0.1) is 5.21 Å². The Labute approximate surface area is 105 Å². The topological polar surface area (TPSA) is 35.3 Å². The second-order valence-electron chi connectivity index (χ2n) is 4.28. The molecule has 0 N–H and O–H groups in total. The summed E-state index contributed by atoms with van der Waals surface area (Å²) >= 11 is 0. The minimum absolute atomic E-state index is 0.182. The van der Waals surface area contributed by atoms with Gasteiger partial charge in [0.15, 0.2) is 0 Å². The van der Waals surface area contributed by atoms with Crippen LogP contribution in [-0.2, 0) is 4.84 Å². The lowest BCUT2D eigenvalue weighted by Gasteiger charge is -2.10. The maximum Gasteiger partial charge on any atom is 0.253 e. The molecule has 0 aromatic heterocycles. The van der Waals surface area contributed by atoms with E-state index in [2.05, 4.69) is 0 Å². The largest absolute Gasteiger partial charge is 0.394 e. The van der Waals surface area contributed by atoms with E-state index in [0.29, 0.717) is 17.0 Å². The molecule has 90 valence electrons. The molecule has 0 radical (unpaired) electrons. The second kappa shape index (κ2) is 4.53. The smallest absolute Gasteiger partial charge is 0.253 e. The number of benzene rings is 2. The molecule has 1 aliphatic rings. The van der Waals surface area contributed by atoms with Gasteiger partial charge in [0, 0.05) is 10.5 Å². The summed E-state index contributed by atoms with van der Waals surface area (Å²) in [5, 5.41) is 11.8. The zero-order valence-electron chi connectivity index (χ0n) is 9.82.